The van der Waals surface area contributed by atoms with Gasteiger partial charge >= 0.3 is 5.97 Å². The highest BCUT2D eigenvalue weighted by atomic mass is 16.5. The number of benzene rings is 1. The summed E-state index contributed by atoms with van der Waals surface area (Å²) in [6.07, 6.45) is 0.100. The number of esters is 1. The van der Waals surface area contributed by atoms with Crippen molar-refractivity contribution in [2.45, 2.75) is 13.3 Å². The number of anilines is 1. The third-order valence-electron chi connectivity index (χ3n) is 2.78. The maximum absolute atomic E-state index is 11.6. The van der Waals surface area contributed by atoms with Gasteiger partial charge in [0.05, 0.1) is 12.1 Å². The van der Waals surface area contributed by atoms with Crippen molar-refractivity contribution in [2.24, 2.45) is 0 Å². The van der Waals surface area contributed by atoms with E-state index in [0.717, 1.165) is 5.56 Å². The number of rotatable bonds is 5. The van der Waals surface area contributed by atoms with Crippen LogP contribution in [-0.4, -0.2) is 28.7 Å². The van der Waals surface area contributed by atoms with Gasteiger partial charge in [0, 0.05) is 24.2 Å². The predicted molar refractivity (Wildman–Crippen MR) is 80.2 cm³/mol. The molecule has 1 heterocycles. The zero-order valence-corrected chi connectivity index (χ0v) is 12.0. The highest BCUT2D eigenvalue weighted by Gasteiger charge is 2.05. The van der Waals surface area contributed by atoms with Gasteiger partial charge in [0.2, 0.25) is 5.91 Å². The minimum atomic E-state index is -0.412. The van der Waals surface area contributed by atoms with E-state index in [9.17, 15) is 14.4 Å². The number of amides is 1. The van der Waals surface area contributed by atoms with Crippen LogP contribution in [0.25, 0.3) is 11.3 Å². The molecule has 7 heteroatoms. The molecular weight excluding hydrogens is 286 g/mol. The molecule has 0 aliphatic carbocycles. The molecule has 0 aliphatic rings. The summed E-state index contributed by atoms with van der Waals surface area (Å²) in [6, 6.07) is 10.0. The van der Waals surface area contributed by atoms with Crippen LogP contribution >= 0.6 is 0 Å². The van der Waals surface area contributed by atoms with Crippen LogP contribution in [0.4, 0.5) is 5.69 Å². The highest BCUT2D eigenvalue weighted by molar-refractivity contribution is 5.91. The number of nitrogens with one attached hydrogen (secondary N) is 2. The molecule has 22 heavy (non-hydrogen) atoms. The lowest BCUT2D eigenvalue weighted by Gasteiger charge is -2.06. The highest BCUT2D eigenvalue weighted by Crippen LogP contribution is 2.18. The van der Waals surface area contributed by atoms with E-state index < -0.39 is 5.97 Å². The van der Waals surface area contributed by atoms with Crippen molar-refractivity contribution >= 4 is 17.6 Å². The Morgan fingerprint density at radius 2 is 1.91 bits per heavy atom. The molecule has 0 radical (unpaired) electrons. The predicted octanol–water partition coefficient (Wildman–Crippen LogP) is 1.33. The minimum Gasteiger partial charge on any atom is -0.465 e. The first kappa shape index (κ1) is 15.4. The van der Waals surface area contributed by atoms with Crippen molar-refractivity contribution < 1.29 is 14.3 Å². The minimum absolute atomic E-state index is 0.0561. The lowest BCUT2D eigenvalue weighted by atomic mass is 10.1. The van der Waals surface area contributed by atoms with Gasteiger partial charge in [-0.2, -0.15) is 5.10 Å². The van der Waals surface area contributed by atoms with Crippen molar-refractivity contribution in [2.75, 3.05) is 11.9 Å². The zero-order chi connectivity index (χ0) is 15.9. The van der Waals surface area contributed by atoms with Crippen LogP contribution in [0, 0.1) is 0 Å². The van der Waals surface area contributed by atoms with Gasteiger partial charge in [-0.1, -0.05) is 12.1 Å². The first-order chi connectivity index (χ1) is 10.5. The number of nitrogens with zero attached hydrogens (tertiary/aromatic N) is 1. The Balaban J connectivity index is 1.94. The summed E-state index contributed by atoms with van der Waals surface area (Å²) < 4.78 is 4.70. The number of carbonyl (C=O) groups is 2. The van der Waals surface area contributed by atoms with Crippen LogP contribution in [0.2, 0.25) is 0 Å². The largest absolute Gasteiger partial charge is 0.465 e. The molecule has 0 bridgehead atoms. The van der Waals surface area contributed by atoms with Crippen LogP contribution < -0.4 is 10.9 Å². The second-order valence-corrected chi connectivity index (χ2v) is 4.52. The summed E-state index contributed by atoms with van der Waals surface area (Å²) in [4.78, 5) is 33.2. The second-order valence-electron chi connectivity index (χ2n) is 4.52. The van der Waals surface area contributed by atoms with Gasteiger partial charge < -0.3 is 10.1 Å². The normalized spacial score (nSPS) is 10.0. The van der Waals surface area contributed by atoms with Crippen LogP contribution in [0.5, 0.6) is 0 Å². The molecule has 0 aliphatic heterocycles. The van der Waals surface area contributed by atoms with Gasteiger partial charge in [-0.05, 0) is 18.2 Å². The number of aromatic amines is 1. The van der Waals surface area contributed by atoms with E-state index in [4.69, 9.17) is 4.74 Å². The topological polar surface area (TPSA) is 101 Å². The molecule has 0 unspecified atom stereocenters. The molecule has 1 aromatic heterocycles. The fraction of sp³-hybridized carbons (Fsp3) is 0.200. The Kier molecular flexibility index (Phi) is 5.02. The fourth-order valence-corrected chi connectivity index (χ4v) is 1.74. The van der Waals surface area contributed by atoms with Crippen LogP contribution in [0.15, 0.2) is 41.2 Å². The molecule has 0 saturated heterocycles. The van der Waals surface area contributed by atoms with Crippen molar-refractivity contribution in [1.29, 1.82) is 0 Å². The Labute approximate surface area is 126 Å². The Hall–Kier alpha value is -2.96. The van der Waals surface area contributed by atoms with Crippen LogP contribution in [-0.2, 0) is 14.3 Å². The Morgan fingerprint density at radius 1 is 1.18 bits per heavy atom. The second kappa shape index (κ2) is 7.16. The summed E-state index contributed by atoms with van der Waals surface area (Å²) in [5, 5.41) is 8.98. The third kappa shape index (κ3) is 4.55. The zero-order valence-electron chi connectivity index (χ0n) is 12.0. The molecule has 0 spiro atoms. The van der Waals surface area contributed by atoms with Gasteiger partial charge in [-0.15, -0.1) is 0 Å². The lowest BCUT2D eigenvalue weighted by Crippen LogP contribution is -2.15. The van der Waals surface area contributed by atoms with Gasteiger partial charge in [-0.25, -0.2) is 5.10 Å². The molecule has 2 rings (SSSR count). The Bertz CT molecular complexity index is 702. The average molecular weight is 301 g/mol. The molecule has 2 aromatic rings. The van der Waals surface area contributed by atoms with Crippen molar-refractivity contribution in [3.8, 4) is 11.3 Å². The molecule has 0 fully saturated rings. The van der Waals surface area contributed by atoms with Gasteiger partial charge in [0.1, 0.15) is 6.61 Å². The molecule has 0 saturated carbocycles. The fourth-order valence-electron chi connectivity index (χ4n) is 1.74. The number of hydrogen-bond donors (Lipinski definition) is 2. The SMILES string of the molecule is CC(=O)OCCC(=O)Nc1ccc(-c2ccc(=O)[nH]n2)cc1. The average Bonchev–Trinajstić information content (AvgIpc) is 2.48. The summed E-state index contributed by atoms with van der Waals surface area (Å²) in [5.74, 6) is -0.651. The number of carbonyl (C=O) groups excluding carboxylic acids is 2. The Morgan fingerprint density at radius 3 is 2.50 bits per heavy atom. The van der Waals surface area contributed by atoms with Crippen molar-refractivity contribution in [3.63, 3.8) is 0 Å². The summed E-state index contributed by atoms with van der Waals surface area (Å²) in [7, 11) is 0. The number of ether oxygens (including phenoxy) is 1. The molecule has 7 nitrogen and oxygen atoms in total. The van der Waals surface area contributed by atoms with E-state index in [-0.39, 0.29) is 24.5 Å². The quantitative estimate of drug-likeness (QED) is 0.811. The first-order valence-corrected chi connectivity index (χ1v) is 6.64. The molecular formula is C15H15N3O4. The van der Waals surface area contributed by atoms with Crippen LogP contribution in [0.3, 0.4) is 0 Å². The van der Waals surface area contributed by atoms with Gasteiger partial charge in [-0.3, -0.25) is 14.4 Å². The maximum atomic E-state index is 11.6. The van der Waals surface area contributed by atoms with Crippen LogP contribution in [0.1, 0.15) is 13.3 Å². The van der Waals surface area contributed by atoms with E-state index in [1.165, 1.54) is 13.0 Å². The van der Waals surface area contributed by atoms with E-state index in [2.05, 4.69) is 15.5 Å². The first-order valence-electron chi connectivity index (χ1n) is 6.64. The smallest absolute Gasteiger partial charge is 0.302 e. The molecule has 0 atom stereocenters. The van der Waals surface area contributed by atoms with Gasteiger partial charge in [0.15, 0.2) is 0 Å². The number of H-pyrrole nitrogens is 1. The third-order valence-corrected chi connectivity index (χ3v) is 2.78. The molecule has 2 N–H and O–H groups in total. The van der Waals surface area contributed by atoms with E-state index in [0.29, 0.717) is 11.4 Å². The summed E-state index contributed by atoms with van der Waals surface area (Å²) in [6.45, 7) is 1.35. The lowest BCUT2D eigenvalue weighted by molar-refractivity contribution is -0.141. The molecule has 1 aromatic carbocycles. The van der Waals surface area contributed by atoms with E-state index in [1.54, 1.807) is 30.3 Å². The number of aromatic nitrogens is 2. The van der Waals surface area contributed by atoms with Crippen molar-refractivity contribution in [3.05, 3.63) is 46.8 Å². The van der Waals surface area contributed by atoms with E-state index >= 15 is 0 Å². The molecule has 1 amide bonds. The maximum Gasteiger partial charge on any atom is 0.302 e. The number of hydrogen-bond acceptors (Lipinski definition) is 5. The standard InChI is InChI=1S/C15H15N3O4/c1-10(19)22-9-8-14(20)16-12-4-2-11(3-5-12)13-6-7-15(21)18-17-13/h2-7H,8-9H2,1H3,(H,16,20)(H,18,21). The van der Waals surface area contributed by atoms with Gasteiger partial charge in [0.25, 0.3) is 5.56 Å². The molecule has 114 valence electrons. The monoisotopic (exact) mass is 301 g/mol. The summed E-state index contributed by atoms with van der Waals surface area (Å²) in [5.41, 5.74) is 1.81. The van der Waals surface area contributed by atoms with E-state index in [1.807, 2.05) is 0 Å². The summed E-state index contributed by atoms with van der Waals surface area (Å²) >= 11 is 0. The van der Waals surface area contributed by atoms with Crippen molar-refractivity contribution in [1.82, 2.24) is 10.2 Å².